The molecule has 1 aromatic carbocycles. The number of benzene rings is 1. The molecule has 2 rings (SSSR count). The number of aryl methyl sites for hydroxylation is 1. The van der Waals surface area contributed by atoms with Crippen LogP contribution >= 0.6 is 11.3 Å². The van der Waals surface area contributed by atoms with Gasteiger partial charge in [-0.05, 0) is 43.0 Å². The molecule has 1 atom stereocenters. The van der Waals surface area contributed by atoms with Crippen molar-refractivity contribution < 1.29 is 9.53 Å². The lowest BCUT2D eigenvalue weighted by Crippen LogP contribution is -2.32. The van der Waals surface area contributed by atoms with Gasteiger partial charge in [-0.1, -0.05) is 6.07 Å². The minimum atomic E-state index is -0.468. The molecular weight excluding hydrogens is 298 g/mol. The predicted octanol–water partition coefficient (Wildman–Crippen LogP) is 3.38. The lowest BCUT2D eigenvalue weighted by molar-refractivity contribution is -0.116. The first-order valence-electron chi connectivity index (χ1n) is 6.74. The Kier molecular flexibility index (Phi) is 5.02. The third-order valence-corrected chi connectivity index (χ3v) is 3.97. The Morgan fingerprint density at radius 2 is 2.18 bits per heavy atom. The molecule has 0 unspecified atom stereocenters. The first-order chi connectivity index (χ1) is 10.5. The summed E-state index contributed by atoms with van der Waals surface area (Å²) in [5.74, 6) is 0.474. The fraction of sp³-hybridized carbons (Fsp3) is 0.250. The van der Waals surface area contributed by atoms with Gasteiger partial charge in [0.05, 0.1) is 18.4 Å². The van der Waals surface area contributed by atoms with Crippen LogP contribution in [-0.4, -0.2) is 19.1 Å². The number of methoxy groups -OCH3 is 1. The SMILES string of the molecule is COc1ccc(C)cc1N[C@@H](C)C(=O)Nc1sccc1C#N. The van der Waals surface area contributed by atoms with E-state index in [9.17, 15) is 4.79 Å². The molecular formula is C16H17N3O2S. The van der Waals surface area contributed by atoms with Gasteiger partial charge in [0, 0.05) is 0 Å². The van der Waals surface area contributed by atoms with Gasteiger partial charge in [0.2, 0.25) is 5.91 Å². The molecule has 2 aromatic rings. The van der Waals surface area contributed by atoms with Crippen LogP contribution in [0.5, 0.6) is 5.75 Å². The van der Waals surface area contributed by atoms with Gasteiger partial charge in [-0.15, -0.1) is 11.3 Å². The van der Waals surface area contributed by atoms with Crippen molar-refractivity contribution in [2.24, 2.45) is 0 Å². The Morgan fingerprint density at radius 1 is 1.41 bits per heavy atom. The molecule has 6 heteroatoms. The Hall–Kier alpha value is -2.52. The van der Waals surface area contributed by atoms with Gasteiger partial charge in [0.1, 0.15) is 22.9 Å². The van der Waals surface area contributed by atoms with E-state index in [2.05, 4.69) is 16.7 Å². The van der Waals surface area contributed by atoms with Crippen LogP contribution in [0, 0.1) is 18.3 Å². The number of ether oxygens (including phenoxy) is 1. The average molecular weight is 315 g/mol. The smallest absolute Gasteiger partial charge is 0.247 e. The standard InChI is InChI=1S/C16H17N3O2S/c1-10-4-5-14(21-3)13(8-10)18-11(2)15(20)19-16-12(9-17)6-7-22-16/h4-8,11,18H,1-3H3,(H,19,20)/t11-/m0/s1. The minimum Gasteiger partial charge on any atom is -0.495 e. The lowest BCUT2D eigenvalue weighted by Gasteiger charge is -2.17. The van der Waals surface area contributed by atoms with E-state index in [4.69, 9.17) is 10.00 Å². The maximum Gasteiger partial charge on any atom is 0.247 e. The molecule has 0 saturated heterocycles. The normalized spacial score (nSPS) is 11.4. The Labute approximate surface area is 133 Å². The van der Waals surface area contributed by atoms with Crippen molar-refractivity contribution in [2.45, 2.75) is 19.9 Å². The lowest BCUT2D eigenvalue weighted by atomic mass is 10.2. The van der Waals surface area contributed by atoms with Crippen LogP contribution in [0.25, 0.3) is 0 Å². The number of amides is 1. The summed E-state index contributed by atoms with van der Waals surface area (Å²) in [6, 6.07) is 8.99. The molecule has 0 radical (unpaired) electrons. The molecule has 5 nitrogen and oxygen atoms in total. The second kappa shape index (κ2) is 6.96. The monoisotopic (exact) mass is 315 g/mol. The number of rotatable bonds is 5. The van der Waals surface area contributed by atoms with Crippen LogP contribution in [0.2, 0.25) is 0 Å². The number of hydrogen-bond donors (Lipinski definition) is 2. The molecule has 0 aliphatic rings. The number of hydrogen-bond acceptors (Lipinski definition) is 5. The second-order valence-electron chi connectivity index (χ2n) is 4.83. The molecule has 1 heterocycles. The Balaban J connectivity index is 2.09. The van der Waals surface area contributed by atoms with Crippen LogP contribution in [0.4, 0.5) is 10.7 Å². The van der Waals surface area contributed by atoms with Crippen molar-refractivity contribution in [3.63, 3.8) is 0 Å². The second-order valence-corrected chi connectivity index (χ2v) is 5.75. The summed E-state index contributed by atoms with van der Waals surface area (Å²) in [5, 5.41) is 17.2. The minimum absolute atomic E-state index is 0.206. The Bertz CT molecular complexity index is 718. The first kappa shape index (κ1) is 15.9. The van der Waals surface area contributed by atoms with Crippen molar-refractivity contribution in [3.8, 4) is 11.8 Å². The van der Waals surface area contributed by atoms with E-state index >= 15 is 0 Å². The van der Waals surface area contributed by atoms with Crippen molar-refractivity contribution >= 4 is 27.9 Å². The number of nitrogens with one attached hydrogen (secondary N) is 2. The van der Waals surface area contributed by atoms with Crippen molar-refractivity contribution in [1.82, 2.24) is 0 Å². The summed E-state index contributed by atoms with van der Waals surface area (Å²) in [7, 11) is 1.59. The van der Waals surface area contributed by atoms with E-state index in [1.807, 2.05) is 25.1 Å². The van der Waals surface area contributed by atoms with Gasteiger partial charge in [-0.3, -0.25) is 4.79 Å². The van der Waals surface area contributed by atoms with Gasteiger partial charge in [-0.25, -0.2) is 0 Å². The van der Waals surface area contributed by atoms with Crippen LogP contribution in [-0.2, 0) is 4.79 Å². The van der Waals surface area contributed by atoms with Crippen LogP contribution < -0.4 is 15.4 Å². The number of nitriles is 1. The highest BCUT2D eigenvalue weighted by molar-refractivity contribution is 7.14. The average Bonchev–Trinajstić information content (AvgIpc) is 2.94. The summed E-state index contributed by atoms with van der Waals surface area (Å²) >= 11 is 1.33. The van der Waals surface area contributed by atoms with Crippen LogP contribution in [0.1, 0.15) is 18.1 Å². The van der Waals surface area contributed by atoms with Crippen molar-refractivity contribution in [3.05, 3.63) is 40.8 Å². The number of anilines is 2. The molecule has 0 fully saturated rings. The summed E-state index contributed by atoms with van der Waals surface area (Å²) in [4.78, 5) is 12.3. The number of carbonyl (C=O) groups is 1. The molecule has 0 bridgehead atoms. The highest BCUT2D eigenvalue weighted by Crippen LogP contribution is 2.26. The van der Waals surface area contributed by atoms with Crippen LogP contribution in [0.3, 0.4) is 0 Å². The molecule has 0 spiro atoms. The molecule has 0 aliphatic heterocycles. The van der Waals surface area contributed by atoms with Gasteiger partial charge in [-0.2, -0.15) is 5.26 Å². The quantitative estimate of drug-likeness (QED) is 0.887. The number of thiophene rings is 1. The molecule has 114 valence electrons. The first-order valence-corrected chi connectivity index (χ1v) is 7.62. The van der Waals surface area contributed by atoms with E-state index < -0.39 is 6.04 Å². The largest absolute Gasteiger partial charge is 0.495 e. The van der Waals surface area contributed by atoms with E-state index in [-0.39, 0.29) is 5.91 Å². The highest BCUT2D eigenvalue weighted by atomic mass is 32.1. The molecule has 1 amide bonds. The predicted molar refractivity (Wildman–Crippen MR) is 88.5 cm³/mol. The maximum absolute atomic E-state index is 12.3. The summed E-state index contributed by atoms with van der Waals surface area (Å²) in [5.41, 5.74) is 2.30. The van der Waals surface area contributed by atoms with Gasteiger partial charge in [0.25, 0.3) is 0 Å². The fourth-order valence-corrected chi connectivity index (χ4v) is 2.69. The molecule has 0 aliphatic carbocycles. The maximum atomic E-state index is 12.3. The topological polar surface area (TPSA) is 74.2 Å². The number of nitrogens with zero attached hydrogens (tertiary/aromatic N) is 1. The van der Waals surface area contributed by atoms with Gasteiger partial charge >= 0.3 is 0 Å². The zero-order valence-corrected chi connectivity index (χ0v) is 13.5. The van der Waals surface area contributed by atoms with E-state index in [1.54, 1.807) is 25.5 Å². The zero-order chi connectivity index (χ0) is 16.1. The third-order valence-electron chi connectivity index (χ3n) is 3.14. The number of carbonyl (C=O) groups excluding carboxylic acids is 1. The summed E-state index contributed by atoms with van der Waals surface area (Å²) < 4.78 is 5.29. The van der Waals surface area contributed by atoms with E-state index in [1.165, 1.54) is 11.3 Å². The zero-order valence-electron chi connectivity index (χ0n) is 12.6. The summed E-state index contributed by atoms with van der Waals surface area (Å²) in [6.07, 6.45) is 0. The Morgan fingerprint density at radius 3 is 2.86 bits per heavy atom. The van der Waals surface area contributed by atoms with E-state index in [0.29, 0.717) is 16.3 Å². The highest BCUT2D eigenvalue weighted by Gasteiger charge is 2.17. The summed E-state index contributed by atoms with van der Waals surface area (Å²) in [6.45, 7) is 3.73. The molecule has 1 aromatic heterocycles. The van der Waals surface area contributed by atoms with Crippen molar-refractivity contribution in [1.29, 1.82) is 5.26 Å². The fourth-order valence-electron chi connectivity index (χ4n) is 1.95. The van der Waals surface area contributed by atoms with E-state index in [0.717, 1.165) is 11.3 Å². The van der Waals surface area contributed by atoms with Crippen molar-refractivity contribution in [2.75, 3.05) is 17.7 Å². The van der Waals surface area contributed by atoms with Gasteiger partial charge in [0.15, 0.2) is 0 Å². The molecule has 2 N–H and O–H groups in total. The molecule has 22 heavy (non-hydrogen) atoms. The van der Waals surface area contributed by atoms with Gasteiger partial charge < -0.3 is 15.4 Å². The third kappa shape index (κ3) is 3.57. The van der Waals surface area contributed by atoms with Crippen LogP contribution in [0.15, 0.2) is 29.6 Å². The molecule has 0 saturated carbocycles.